The molecular formula is C14H19ClN4O. The van der Waals surface area contributed by atoms with Gasteiger partial charge in [0.05, 0.1) is 6.04 Å². The van der Waals surface area contributed by atoms with E-state index < -0.39 is 0 Å². The Labute approximate surface area is 123 Å². The molecule has 6 heteroatoms. The third-order valence-electron chi connectivity index (χ3n) is 4.19. The summed E-state index contributed by atoms with van der Waals surface area (Å²) in [6.07, 6.45) is 0. The van der Waals surface area contributed by atoms with E-state index in [0.29, 0.717) is 6.54 Å². The van der Waals surface area contributed by atoms with E-state index in [4.69, 9.17) is 17.3 Å². The number of carbonyl (C=O) groups excluding carboxylic acids is 1. The average Bonchev–Trinajstić information content (AvgIpc) is 2.83. The number of halogens is 1. The number of hydrogen-bond donors (Lipinski definition) is 2. The molecule has 1 aromatic rings. The molecule has 0 aromatic heterocycles. The number of rotatable bonds is 3. The van der Waals surface area contributed by atoms with E-state index in [1.165, 1.54) is 0 Å². The standard InChI is InChI=1S/C14H19ClN4O/c15-12-4-2-1-3-11(12)13(7-16)18-5-6-19-10(9-18)8-17-14(19)20/h1-4,10,13H,5-9,16H2,(H,17,20). The molecule has 20 heavy (non-hydrogen) atoms. The molecule has 0 radical (unpaired) electrons. The number of nitrogens with one attached hydrogen (secondary N) is 1. The van der Waals surface area contributed by atoms with Crippen molar-refractivity contribution >= 4 is 17.6 Å². The molecule has 2 aliphatic heterocycles. The molecule has 2 saturated heterocycles. The van der Waals surface area contributed by atoms with Gasteiger partial charge in [-0.15, -0.1) is 0 Å². The summed E-state index contributed by atoms with van der Waals surface area (Å²) in [4.78, 5) is 15.9. The van der Waals surface area contributed by atoms with Crippen LogP contribution in [0.2, 0.25) is 5.02 Å². The van der Waals surface area contributed by atoms with E-state index in [2.05, 4.69) is 10.2 Å². The zero-order valence-electron chi connectivity index (χ0n) is 11.3. The van der Waals surface area contributed by atoms with Crippen LogP contribution in [0.4, 0.5) is 4.79 Å². The third-order valence-corrected chi connectivity index (χ3v) is 4.54. The molecule has 0 spiro atoms. The predicted molar refractivity (Wildman–Crippen MR) is 78.7 cm³/mol. The highest BCUT2D eigenvalue weighted by Gasteiger charge is 2.37. The molecule has 1 aromatic carbocycles. The van der Waals surface area contributed by atoms with Crippen molar-refractivity contribution in [1.82, 2.24) is 15.1 Å². The van der Waals surface area contributed by atoms with Crippen molar-refractivity contribution in [1.29, 1.82) is 0 Å². The lowest BCUT2D eigenvalue weighted by molar-refractivity contribution is 0.0904. The third kappa shape index (κ3) is 2.37. The van der Waals surface area contributed by atoms with Gasteiger partial charge in [0.15, 0.2) is 0 Å². The molecule has 5 nitrogen and oxygen atoms in total. The summed E-state index contributed by atoms with van der Waals surface area (Å²) >= 11 is 6.29. The first-order valence-electron chi connectivity index (χ1n) is 6.93. The van der Waals surface area contributed by atoms with Crippen LogP contribution in [0.15, 0.2) is 24.3 Å². The second-order valence-electron chi connectivity index (χ2n) is 5.30. The van der Waals surface area contributed by atoms with Gasteiger partial charge in [0, 0.05) is 43.8 Å². The number of hydrogen-bond acceptors (Lipinski definition) is 3. The summed E-state index contributed by atoms with van der Waals surface area (Å²) in [6, 6.07) is 8.25. The van der Waals surface area contributed by atoms with Crippen molar-refractivity contribution in [3.8, 4) is 0 Å². The van der Waals surface area contributed by atoms with E-state index in [9.17, 15) is 4.79 Å². The Morgan fingerprint density at radius 2 is 2.20 bits per heavy atom. The Balaban J connectivity index is 1.78. The quantitative estimate of drug-likeness (QED) is 0.876. The van der Waals surface area contributed by atoms with Crippen LogP contribution in [0.25, 0.3) is 0 Å². The minimum Gasteiger partial charge on any atom is -0.336 e. The van der Waals surface area contributed by atoms with Gasteiger partial charge in [-0.1, -0.05) is 29.8 Å². The van der Waals surface area contributed by atoms with Gasteiger partial charge in [0.1, 0.15) is 0 Å². The molecular weight excluding hydrogens is 276 g/mol. The van der Waals surface area contributed by atoms with Crippen LogP contribution in [0, 0.1) is 0 Å². The lowest BCUT2D eigenvalue weighted by Gasteiger charge is -2.40. The number of piperazine rings is 1. The summed E-state index contributed by atoms with van der Waals surface area (Å²) in [5, 5.41) is 3.65. The number of nitrogens with zero attached hydrogens (tertiary/aromatic N) is 2. The van der Waals surface area contributed by atoms with E-state index in [1.54, 1.807) is 0 Å². The fraction of sp³-hybridized carbons (Fsp3) is 0.500. The largest absolute Gasteiger partial charge is 0.336 e. The molecule has 2 heterocycles. The maximum absolute atomic E-state index is 11.6. The lowest BCUT2D eigenvalue weighted by Crippen LogP contribution is -2.53. The SMILES string of the molecule is NCC(c1ccccc1Cl)N1CCN2C(=O)NCC2C1. The molecule has 2 atom stereocenters. The molecule has 2 amide bonds. The highest BCUT2D eigenvalue weighted by Crippen LogP contribution is 2.29. The Morgan fingerprint density at radius 3 is 2.95 bits per heavy atom. The molecule has 2 fully saturated rings. The van der Waals surface area contributed by atoms with Gasteiger partial charge in [-0.2, -0.15) is 0 Å². The maximum atomic E-state index is 11.6. The second-order valence-corrected chi connectivity index (χ2v) is 5.71. The highest BCUT2D eigenvalue weighted by molar-refractivity contribution is 6.31. The molecule has 3 rings (SSSR count). The number of amides is 2. The lowest BCUT2D eigenvalue weighted by atomic mass is 10.0. The van der Waals surface area contributed by atoms with Gasteiger partial charge in [-0.05, 0) is 11.6 Å². The highest BCUT2D eigenvalue weighted by atomic mass is 35.5. The minimum absolute atomic E-state index is 0.0525. The summed E-state index contributed by atoms with van der Waals surface area (Å²) < 4.78 is 0. The maximum Gasteiger partial charge on any atom is 0.317 e. The zero-order chi connectivity index (χ0) is 14.1. The van der Waals surface area contributed by atoms with Crippen LogP contribution < -0.4 is 11.1 Å². The Morgan fingerprint density at radius 1 is 1.40 bits per heavy atom. The Bertz CT molecular complexity index is 510. The number of nitrogens with two attached hydrogens (primary N) is 1. The number of benzene rings is 1. The van der Waals surface area contributed by atoms with Crippen molar-refractivity contribution in [2.24, 2.45) is 5.73 Å². The first-order chi connectivity index (χ1) is 9.70. The molecule has 3 N–H and O–H groups in total. The van der Waals surface area contributed by atoms with Crippen molar-refractivity contribution in [3.63, 3.8) is 0 Å². The topological polar surface area (TPSA) is 61.6 Å². The first-order valence-corrected chi connectivity index (χ1v) is 7.31. The molecule has 0 saturated carbocycles. The summed E-state index contributed by atoms with van der Waals surface area (Å²) in [6.45, 7) is 3.66. The van der Waals surface area contributed by atoms with Gasteiger partial charge in [-0.3, -0.25) is 4.90 Å². The molecule has 0 aliphatic carbocycles. The summed E-state index contributed by atoms with van der Waals surface area (Å²) in [5.74, 6) is 0. The zero-order valence-corrected chi connectivity index (χ0v) is 12.0. The molecule has 2 aliphatic rings. The number of fused-ring (bicyclic) bond motifs is 1. The smallest absolute Gasteiger partial charge is 0.317 e. The molecule has 2 unspecified atom stereocenters. The minimum atomic E-state index is 0.0525. The van der Waals surface area contributed by atoms with E-state index >= 15 is 0 Å². The van der Waals surface area contributed by atoms with Crippen molar-refractivity contribution < 1.29 is 4.79 Å². The fourth-order valence-corrected chi connectivity index (χ4v) is 3.39. The fourth-order valence-electron chi connectivity index (χ4n) is 3.13. The van der Waals surface area contributed by atoms with Gasteiger partial charge in [0.25, 0.3) is 0 Å². The number of urea groups is 1. The molecule has 0 bridgehead atoms. The van der Waals surface area contributed by atoms with Gasteiger partial charge in [0.2, 0.25) is 0 Å². The molecule has 108 valence electrons. The predicted octanol–water partition coefficient (Wildman–Crippen LogP) is 1.05. The average molecular weight is 295 g/mol. The number of carbonyl (C=O) groups is 1. The van der Waals surface area contributed by atoms with E-state index in [0.717, 1.165) is 36.8 Å². The van der Waals surface area contributed by atoms with Crippen LogP contribution >= 0.6 is 11.6 Å². The van der Waals surface area contributed by atoms with Gasteiger partial charge < -0.3 is 16.0 Å². The van der Waals surface area contributed by atoms with Crippen LogP contribution in [0.3, 0.4) is 0 Å². The van der Waals surface area contributed by atoms with Crippen LogP contribution in [-0.2, 0) is 0 Å². The van der Waals surface area contributed by atoms with Crippen molar-refractivity contribution in [3.05, 3.63) is 34.9 Å². The van der Waals surface area contributed by atoms with Crippen molar-refractivity contribution in [2.45, 2.75) is 12.1 Å². The van der Waals surface area contributed by atoms with Crippen LogP contribution in [0.1, 0.15) is 11.6 Å². The van der Waals surface area contributed by atoms with Crippen LogP contribution in [0.5, 0.6) is 0 Å². The van der Waals surface area contributed by atoms with Gasteiger partial charge in [-0.25, -0.2) is 4.79 Å². The monoisotopic (exact) mass is 294 g/mol. The summed E-state index contributed by atoms with van der Waals surface area (Å²) in [7, 11) is 0. The second kappa shape index (κ2) is 5.60. The van der Waals surface area contributed by atoms with E-state index in [-0.39, 0.29) is 18.1 Å². The normalized spacial score (nSPS) is 24.4. The first kappa shape index (κ1) is 13.7. The Hall–Kier alpha value is -1.30. The van der Waals surface area contributed by atoms with Gasteiger partial charge >= 0.3 is 6.03 Å². The van der Waals surface area contributed by atoms with Crippen molar-refractivity contribution in [2.75, 3.05) is 32.7 Å². The Kier molecular flexibility index (Phi) is 3.83. The van der Waals surface area contributed by atoms with Crippen LogP contribution in [-0.4, -0.2) is 54.6 Å². The summed E-state index contributed by atoms with van der Waals surface area (Å²) in [5.41, 5.74) is 7.04. The van der Waals surface area contributed by atoms with E-state index in [1.807, 2.05) is 29.2 Å².